The first-order chi connectivity index (χ1) is 26.0. The monoisotopic (exact) mass is 780 g/mol. The van der Waals surface area contributed by atoms with E-state index < -0.39 is 43.4 Å². The van der Waals surface area contributed by atoms with Crippen molar-refractivity contribution in [1.29, 1.82) is 0 Å². The molecule has 0 saturated carbocycles. The number of aliphatic hydroxyl groups is 1. The van der Waals surface area contributed by atoms with E-state index in [1.165, 1.54) is 7.11 Å². The summed E-state index contributed by atoms with van der Waals surface area (Å²) in [6, 6.07) is 0.807. The van der Waals surface area contributed by atoms with Crippen LogP contribution in [-0.4, -0.2) is 93.6 Å². The summed E-state index contributed by atoms with van der Waals surface area (Å²) < 4.78 is 31.6. The molecule has 3 aliphatic carbocycles. The number of nitrogens with one attached hydrogen (secondary N) is 2. The number of aliphatic hydroxyl groups excluding tert-OH is 1. The van der Waals surface area contributed by atoms with Crippen LogP contribution in [0, 0.1) is 11.8 Å². The molecule has 1 aliphatic heterocycles. The van der Waals surface area contributed by atoms with Crippen LogP contribution < -0.4 is 24.8 Å². The highest BCUT2D eigenvalue weighted by Crippen LogP contribution is 2.60. The van der Waals surface area contributed by atoms with E-state index in [4.69, 9.17) is 23.2 Å². The van der Waals surface area contributed by atoms with Crippen LogP contribution in [0.5, 0.6) is 17.4 Å². The second kappa shape index (κ2) is 15.7. The summed E-state index contributed by atoms with van der Waals surface area (Å²) >= 11 is 0. The molecule has 2 aromatic rings. The number of amides is 1. The normalized spacial score (nSPS) is 25.0. The lowest BCUT2D eigenvalue weighted by Crippen LogP contribution is -2.65. The lowest BCUT2D eigenvalue weighted by atomic mass is 9.58. The zero-order valence-electron chi connectivity index (χ0n) is 34.3. The third-order valence-electron chi connectivity index (χ3n) is 12.4. The smallest absolute Gasteiger partial charge is 0.265 e. The molecule has 4 aliphatic rings. The average molecular weight is 781 g/mol. The molecule has 5 atom stereocenters. The topological polar surface area (TPSA) is 162 Å². The number of carbonyl (C=O) groups excluding carboxylic acids is 3. The van der Waals surface area contributed by atoms with E-state index in [-0.39, 0.29) is 51.1 Å². The Morgan fingerprint density at radius 2 is 1.82 bits per heavy atom. The van der Waals surface area contributed by atoms with Crippen molar-refractivity contribution in [2.75, 3.05) is 46.3 Å². The predicted molar refractivity (Wildman–Crippen MR) is 211 cm³/mol. The van der Waals surface area contributed by atoms with Gasteiger partial charge in [-0.1, -0.05) is 47.5 Å². The van der Waals surface area contributed by atoms with Crippen molar-refractivity contribution < 1.29 is 42.6 Å². The number of Topliss-reactive ketones (excluding diaryl/α,β-unsaturated/α-hetero) is 2. The molecule has 2 heterocycles. The summed E-state index contributed by atoms with van der Waals surface area (Å²) in [6.07, 6.45) is 5.42. The van der Waals surface area contributed by atoms with Crippen LogP contribution in [-0.2, 0) is 15.6 Å². The molecule has 0 bridgehead atoms. The maximum atomic E-state index is 15.4. The summed E-state index contributed by atoms with van der Waals surface area (Å²) in [5.41, 5.74) is -0.523. The first-order valence-electron chi connectivity index (χ1n) is 20.0. The van der Waals surface area contributed by atoms with E-state index in [1.54, 1.807) is 6.07 Å². The van der Waals surface area contributed by atoms with Crippen LogP contribution in [0.1, 0.15) is 118 Å². The van der Waals surface area contributed by atoms with E-state index in [1.807, 2.05) is 45.9 Å². The molecule has 13 nitrogen and oxygen atoms in total. The Morgan fingerprint density at radius 3 is 2.42 bits per heavy atom. The quantitative estimate of drug-likeness (QED) is 0.131. The lowest BCUT2D eigenvalue weighted by molar-refractivity contribution is -0.117. The highest BCUT2D eigenvalue weighted by Gasteiger charge is 2.67. The summed E-state index contributed by atoms with van der Waals surface area (Å²) in [6.45, 7) is 15.8. The van der Waals surface area contributed by atoms with Gasteiger partial charge in [-0.05, 0) is 88.4 Å². The highest BCUT2D eigenvalue weighted by atomic mass is 28.4. The van der Waals surface area contributed by atoms with Crippen molar-refractivity contribution in [1.82, 2.24) is 15.4 Å². The Morgan fingerprint density at radius 1 is 1.13 bits per heavy atom. The highest BCUT2D eigenvalue weighted by molar-refractivity contribution is 6.74. The predicted octanol–water partition coefficient (Wildman–Crippen LogP) is 7.18. The van der Waals surface area contributed by atoms with Crippen LogP contribution >= 0.6 is 0 Å². The number of rotatable bonds is 14. The van der Waals surface area contributed by atoms with E-state index in [2.05, 4.69) is 36.6 Å². The Balaban J connectivity index is 1.58. The third-order valence-corrected chi connectivity index (χ3v) is 16.8. The van der Waals surface area contributed by atoms with E-state index in [0.29, 0.717) is 55.2 Å². The Hall–Kier alpha value is -3.72. The van der Waals surface area contributed by atoms with Crippen molar-refractivity contribution in [2.24, 2.45) is 11.8 Å². The first kappa shape index (κ1) is 40.9. The third kappa shape index (κ3) is 7.01. The van der Waals surface area contributed by atoms with Gasteiger partial charge in [0.2, 0.25) is 11.7 Å². The van der Waals surface area contributed by atoms with Crippen LogP contribution in [0.15, 0.2) is 21.9 Å². The minimum absolute atomic E-state index is 0.0608. The molecule has 0 unspecified atom stereocenters. The molecule has 1 aromatic heterocycles. The molecule has 1 saturated heterocycles. The fourth-order valence-corrected chi connectivity index (χ4v) is 9.89. The van der Waals surface area contributed by atoms with Gasteiger partial charge < -0.3 is 38.9 Å². The molecule has 0 radical (unpaired) electrons. The number of ketones is 2. The number of nitrogens with zero attached hydrogens (tertiary/aromatic N) is 2. The van der Waals surface area contributed by atoms with Gasteiger partial charge in [-0.25, -0.2) is 0 Å². The van der Waals surface area contributed by atoms with Gasteiger partial charge in [-0.3, -0.25) is 19.3 Å². The largest absolute Gasteiger partial charge is 0.508 e. The average Bonchev–Trinajstić information content (AvgIpc) is 3.81. The van der Waals surface area contributed by atoms with Gasteiger partial charge in [-0.15, -0.1) is 0 Å². The molecule has 6 rings (SSSR count). The standard InChI is InChI=1S/C41H60N4O9Si/c1-11-13-18-51-34-27(43-38(49)26-16-15-17-42-26)22-28(50-8)24-20-23-21-25-32(45(6)7)35-31(39(44-53-35)52-19-14-12-2)37(48)41(25,54-55(9,10)40(3,4)5)36(47)29(23)33(46)30(24)34/h22-23,25-26,32,42,47H,11-21H2,1-10H3,(H,43,49)/t23-,25-,26-,32-,41-/m0/s1. The van der Waals surface area contributed by atoms with Gasteiger partial charge in [0, 0.05) is 23.1 Å². The summed E-state index contributed by atoms with van der Waals surface area (Å²) in [4.78, 5) is 46.2. The number of benzene rings is 1. The van der Waals surface area contributed by atoms with E-state index in [9.17, 15) is 9.90 Å². The van der Waals surface area contributed by atoms with Crippen LogP contribution in [0.4, 0.5) is 5.69 Å². The number of anilines is 1. The molecular weight excluding hydrogens is 721 g/mol. The van der Waals surface area contributed by atoms with Gasteiger partial charge in [0.1, 0.15) is 17.1 Å². The summed E-state index contributed by atoms with van der Waals surface area (Å²) in [5.74, 6) is -1.68. The first-order valence-corrected chi connectivity index (χ1v) is 22.9. The number of methoxy groups -OCH3 is 1. The number of unbranched alkanes of at least 4 members (excludes halogenated alkanes) is 2. The van der Waals surface area contributed by atoms with Crippen molar-refractivity contribution >= 4 is 31.5 Å². The molecule has 302 valence electrons. The number of carbonyl (C=O) groups is 3. The molecule has 55 heavy (non-hydrogen) atoms. The zero-order chi connectivity index (χ0) is 40.0. The van der Waals surface area contributed by atoms with Crippen molar-refractivity contribution in [2.45, 2.75) is 122 Å². The molecule has 3 N–H and O–H groups in total. The Kier molecular flexibility index (Phi) is 11.7. The van der Waals surface area contributed by atoms with Gasteiger partial charge in [0.15, 0.2) is 31.2 Å². The Bertz CT molecular complexity index is 1840. The lowest BCUT2D eigenvalue weighted by Gasteiger charge is -2.55. The van der Waals surface area contributed by atoms with Gasteiger partial charge in [0.05, 0.1) is 43.7 Å². The maximum absolute atomic E-state index is 15.4. The summed E-state index contributed by atoms with van der Waals surface area (Å²) in [5, 5.41) is 23.1. The van der Waals surface area contributed by atoms with Crippen molar-refractivity contribution in [3.05, 3.63) is 39.8 Å². The number of aromatic nitrogens is 1. The number of ether oxygens (including phenoxy) is 3. The minimum Gasteiger partial charge on any atom is -0.508 e. The summed E-state index contributed by atoms with van der Waals surface area (Å²) in [7, 11) is 2.46. The molecule has 0 spiro atoms. The maximum Gasteiger partial charge on any atom is 0.265 e. The second-order valence-electron chi connectivity index (χ2n) is 17.2. The molecule has 1 aromatic carbocycles. The molecule has 1 amide bonds. The fourth-order valence-electron chi connectivity index (χ4n) is 8.44. The number of hydrogen-bond donors (Lipinski definition) is 3. The molecular formula is C41H60N4O9Si. The van der Waals surface area contributed by atoms with Crippen LogP contribution in [0.25, 0.3) is 0 Å². The second-order valence-corrected chi connectivity index (χ2v) is 22.0. The van der Waals surface area contributed by atoms with E-state index >= 15 is 9.59 Å². The van der Waals surface area contributed by atoms with Crippen LogP contribution in [0.3, 0.4) is 0 Å². The Labute approximate surface area is 326 Å². The van der Waals surface area contributed by atoms with Gasteiger partial charge in [0.25, 0.3) is 5.88 Å². The fraction of sp³-hybridized carbons (Fsp3) is 0.659. The van der Waals surface area contributed by atoms with Crippen LogP contribution in [0.2, 0.25) is 18.1 Å². The molecule has 14 heteroatoms. The van der Waals surface area contributed by atoms with Crippen molar-refractivity contribution in [3.63, 3.8) is 0 Å². The zero-order valence-corrected chi connectivity index (χ0v) is 35.3. The van der Waals surface area contributed by atoms with Gasteiger partial charge >= 0.3 is 0 Å². The SMILES string of the molecule is CCCCOc1noc2c1C(=O)[C@@]1(O[Si](C)(C)C(C)(C)C)C(O)=C3C(=O)c4c(c(OC)cc(NC(=O)[C@@H]5CCCN5)c4OCCCC)C[C@H]3C[C@H]1[C@@H]2N(C)C. The number of fused-ring (bicyclic) bond motifs is 4. The number of hydrogen-bond acceptors (Lipinski definition) is 12. The van der Waals surface area contributed by atoms with Gasteiger partial charge in [-0.2, -0.15) is 0 Å². The molecule has 1 fully saturated rings. The van der Waals surface area contributed by atoms with E-state index in [0.717, 1.165) is 38.6 Å². The minimum atomic E-state index is -2.88. The number of allylic oxidation sites excluding steroid dienone is 1. The van der Waals surface area contributed by atoms with Crippen molar-refractivity contribution in [3.8, 4) is 17.4 Å².